The third kappa shape index (κ3) is 6.01. The third-order valence-electron chi connectivity index (χ3n) is 2.45. The van der Waals surface area contributed by atoms with Crippen LogP contribution in [0.15, 0.2) is 0 Å². The first-order chi connectivity index (χ1) is 6.97. The van der Waals surface area contributed by atoms with Gasteiger partial charge in [-0.15, -0.1) is 0 Å². The fraction of sp³-hybridized carbons (Fsp3) is 1.00. The van der Waals surface area contributed by atoms with Crippen molar-refractivity contribution in [2.45, 2.75) is 0 Å². The molecule has 1 heterocycles. The van der Waals surface area contributed by atoms with Crippen LogP contribution >= 0.6 is 0 Å². The van der Waals surface area contributed by atoms with Crippen LogP contribution in [-0.2, 0) is 4.74 Å². The molecule has 0 N–H and O–H groups in total. The van der Waals surface area contributed by atoms with Gasteiger partial charge in [0, 0.05) is 39.2 Å². The molecule has 0 unspecified atom stereocenters. The molecule has 0 bridgehead atoms. The molecule has 1 aliphatic heterocycles. The molecule has 1 fully saturated rings. The van der Waals surface area contributed by atoms with Crippen LogP contribution in [0.1, 0.15) is 0 Å². The summed E-state index contributed by atoms with van der Waals surface area (Å²) in [5.74, 6) is 0. The molecule has 1 rings (SSSR count). The molecule has 0 amide bonds. The van der Waals surface area contributed by atoms with Crippen LogP contribution < -0.4 is 0 Å². The van der Waals surface area contributed by atoms with E-state index in [0.717, 1.165) is 26.2 Å². The van der Waals surface area contributed by atoms with Crippen molar-refractivity contribution >= 4 is 6.98 Å². The molecular weight excluding hydrogens is 208 g/mol. The maximum Gasteiger partial charge on any atom is 0.503 e. The van der Waals surface area contributed by atoms with Gasteiger partial charge in [0.15, 0.2) is 0 Å². The predicted octanol–water partition coefficient (Wildman–Crippen LogP) is 0.637. The Hall–Kier alpha value is -0.265. The summed E-state index contributed by atoms with van der Waals surface area (Å²) in [6.07, 6.45) is 0. The number of piperazine rings is 1. The summed E-state index contributed by atoms with van der Waals surface area (Å²) >= 11 is 0. The van der Waals surface area contributed by atoms with E-state index in [9.17, 15) is 12.9 Å². The number of rotatable bonds is 5. The van der Waals surface area contributed by atoms with Crippen molar-refractivity contribution in [2.75, 3.05) is 52.9 Å². The minimum absolute atomic E-state index is 0.172. The minimum Gasteiger partial charge on any atom is -0.447 e. The predicted molar refractivity (Wildman–Crippen MR) is 53.8 cm³/mol. The van der Waals surface area contributed by atoms with Gasteiger partial charge < -0.3 is 22.6 Å². The van der Waals surface area contributed by atoms with Crippen LogP contribution in [0.3, 0.4) is 0 Å². The average molecular weight is 225 g/mol. The zero-order chi connectivity index (χ0) is 11.3. The molecule has 15 heavy (non-hydrogen) atoms. The molecule has 0 atom stereocenters. The van der Waals surface area contributed by atoms with E-state index in [1.807, 2.05) is 7.05 Å². The van der Waals surface area contributed by atoms with Gasteiger partial charge in [0.2, 0.25) is 0 Å². The Morgan fingerprint density at radius 3 is 2.27 bits per heavy atom. The quantitative estimate of drug-likeness (QED) is 0.504. The van der Waals surface area contributed by atoms with Crippen LogP contribution in [-0.4, -0.2) is 69.7 Å². The highest BCUT2D eigenvalue weighted by molar-refractivity contribution is 6.58. The van der Waals surface area contributed by atoms with Crippen molar-refractivity contribution in [1.29, 1.82) is 0 Å². The first-order valence-corrected chi connectivity index (χ1v) is 5.17. The lowest BCUT2D eigenvalue weighted by molar-refractivity contribution is 0.0911. The third-order valence-corrected chi connectivity index (χ3v) is 2.45. The van der Waals surface area contributed by atoms with Crippen molar-refractivity contribution in [2.24, 2.45) is 0 Å². The zero-order valence-corrected chi connectivity index (χ0v) is 8.96. The number of likely N-dealkylation sites (N-methyl/N-ethyl adjacent to an activating group) is 1. The van der Waals surface area contributed by atoms with Crippen molar-refractivity contribution in [3.63, 3.8) is 0 Å². The molecule has 1 saturated heterocycles. The summed E-state index contributed by atoms with van der Waals surface area (Å²) in [6.45, 7) is -1.32. The van der Waals surface area contributed by atoms with Gasteiger partial charge in [-0.2, -0.15) is 0 Å². The molecule has 1 aliphatic rings. The highest BCUT2D eigenvalue weighted by Gasteiger charge is 2.23. The van der Waals surface area contributed by atoms with Crippen LogP contribution in [0.4, 0.5) is 12.9 Å². The molecule has 0 aromatic rings. The molecule has 0 spiro atoms. The topological polar surface area (TPSA) is 15.7 Å². The maximum absolute atomic E-state index is 11.8. The van der Waals surface area contributed by atoms with Gasteiger partial charge in [0.05, 0.1) is 6.61 Å². The standard InChI is InChI=1S/C8H17BF3N2O/c1-13-2-4-14(5-3-13)6-7-15-8-9(10,11)12/h2-8H2,1H3/q-1. The number of ether oxygens (including phenoxy) is 1. The second-order valence-electron chi connectivity index (χ2n) is 3.93. The fourth-order valence-electron chi connectivity index (χ4n) is 1.48. The summed E-state index contributed by atoms with van der Waals surface area (Å²) in [5.41, 5.74) is 0. The van der Waals surface area contributed by atoms with Gasteiger partial charge in [0.25, 0.3) is 0 Å². The van der Waals surface area contributed by atoms with E-state index >= 15 is 0 Å². The van der Waals surface area contributed by atoms with E-state index in [1.165, 1.54) is 0 Å². The average Bonchev–Trinajstić information content (AvgIpc) is 2.14. The maximum atomic E-state index is 11.8. The number of halogens is 3. The number of hydrogen-bond acceptors (Lipinski definition) is 3. The number of hydrogen-bond donors (Lipinski definition) is 0. The van der Waals surface area contributed by atoms with Gasteiger partial charge in [-0.3, -0.25) is 4.90 Å². The van der Waals surface area contributed by atoms with Gasteiger partial charge >= 0.3 is 6.98 Å². The lowest BCUT2D eigenvalue weighted by atomic mass is 9.95. The van der Waals surface area contributed by atoms with E-state index in [4.69, 9.17) is 0 Å². The molecule has 7 heteroatoms. The monoisotopic (exact) mass is 225 g/mol. The summed E-state index contributed by atoms with van der Waals surface area (Å²) in [6, 6.07) is 0. The van der Waals surface area contributed by atoms with Gasteiger partial charge in [0.1, 0.15) is 0 Å². The van der Waals surface area contributed by atoms with E-state index in [2.05, 4.69) is 14.5 Å². The Morgan fingerprint density at radius 2 is 1.73 bits per heavy atom. The van der Waals surface area contributed by atoms with Crippen LogP contribution in [0.2, 0.25) is 0 Å². The molecule has 0 saturated carbocycles. The highest BCUT2D eigenvalue weighted by Crippen LogP contribution is 2.07. The molecule has 90 valence electrons. The Morgan fingerprint density at radius 1 is 1.13 bits per heavy atom. The second kappa shape index (κ2) is 5.72. The van der Waals surface area contributed by atoms with Crippen molar-refractivity contribution in [1.82, 2.24) is 9.80 Å². The smallest absolute Gasteiger partial charge is 0.447 e. The normalized spacial score (nSPS) is 20.8. The minimum atomic E-state index is -4.79. The van der Waals surface area contributed by atoms with Gasteiger partial charge in [-0.1, -0.05) is 0 Å². The number of nitrogens with zero attached hydrogens (tertiary/aromatic N) is 2. The van der Waals surface area contributed by atoms with E-state index in [1.54, 1.807) is 0 Å². The van der Waals surface area contributed by atoms with E-state index in [0.29, 0.717) is 6.54 Å². The molecule has 0 aromatic heterocycles. The van der Waals surface area contributed by atoms with E-state index in [-0.39, 0.29) is 6.61 Å². The molecule has 0 radical (unpaired) electrons. The fourth-order valence-corrected chi connectivity index (χ4v) is 1.48. The Kier molecular flexibility index (Phi) is 4.88. The summed E-state index contributed by atoms with van der Waals surface area (Å²) in [7, 11) is 2.04. The summed E-state index contributed by atoms with van der Waals surface area (Å²) in [5, 5.41) is 0. The zero-order valence-electron chi connectivity index (χ0n) is 8.96. The molecular formula is C8H17BF3N2O-. The van der Waals surface area contributed by atoms with Crippen LogP contribution in [0.25, 0.3) is 0 Å². The highest BCUT2D eigenvalue weighted by atomic mass is 19.4. The first-order valence-electron chi connectivity index (χ1n) is 5.17. The molecule has 0 aliphatic carbocycles. The Labute approximate surface area is 88.2 Å². The van der Waals surface area contributed by atoms with Gasteiger partial charge in [-0.05, 0) is 7.05 Å². The van der Waals surface area contributed by atoms with Gasteiger partial charge in [-0.25, -0.2) is 0 Å². The first kappa shape index (κ1) is 12.8. The largest absolute Gasteiger partial charge is 0.503 e. The second-order valence-corrected chi connectivity index (χ2v) is 3.93. The van der Waals surface area contributed by atoms with Crippen LogP contribution in [0, 0.1) is 0 Å². The molecule has 0 aromatic carbocycles. The summed E-state index contributed by atoms with van der Waals surface area (Å²) in [4.78, 5) is 4.33. The lowest BCUT2D eigenvalue weighted by Crippen LogP contribution is -2.45. The Balaban J connectivity index is 2.01. The SMILES string of the molecule is CN1CCN(CCOC[B-](F)(F)F)CC1. The summed E-state index contributed by atoms with van der Waals surface area (Å²) < 4.78 is 39.9. The van der Waals surface area contributed by atoms with Crippen molar-refractivity contribution in [3.05, 3.63) is 0 Å². The van der Waals surface area contributed by atoms with Crippen molar-refractivity contribution in [3.8, 4) is 0 Å². The van der Waals surface area contributed by atoms with Crippen molar-refractivity contribution < 1.29 is 17.7 Å². The van der Waals surface area contributed by atoms with Crippen LogP contribution in [0.5, 0.6) is 0 Å². The Bertz CT molecular complexity index is 183. The lowest BCUT2D eigenvalue weighted by Gasteiger charge is -2.32. The molecule has 3 nitrogen and oxygen atoms in total. The van der Waals surface area contributed by atoms with E-state index < -0.39 is 13.5 Å².